The Labute approximate surface area is 99.3 Å². The number of nitrogens with one attached hydrogen (secondary N) is 1. The monoisotopic (exact) mass is 237 g/mol. The lowest BCUT2D eigenvalue weighted by Gasteiger charge is -1.99. The SMILES string of the molecule is CCCCNCc1cc2cc(F)ccc2s1. The van der Waals surface area contributed by atoms with Gasteiger partial charge in [-0.05, 0) is 42.6 Å². The van der Waals surface area contributed by atoms with Crippen LogP contribution in [-0.4, -0.2) is 6.54 Å². The maximum atomic E-state index is 13.0. The van der Waals surface area contributed by atoms with Crippen LogP contribution in [0.25, 0.3) is 10.1 Å². The van der Waals surface area contributed by atoms with E-state index < -0.39 is 0 Å². The Bertz CT molecular complexity index is 464. The second-order valence-electron chi connectivity index (χ2n) is 3.93. The first-order chi connectivity index (χ1) is 7.79. The summed E-state index contributed by atoms with van der Waals surface area (Å²) < 4.78 is 14.1. The summed E-state index contributed by atoms with van der Waals surface area (Å²) in [6.07, 6.45) is 2.42. The maximum Gasteiger partial charge on any atom is 0.123 e. The third kappa shape index (κ3) is 2.80. The minimum atomic E-state index is -0.157. The first kappa shape index (κ1) is 11.6. The van der Waals surface area contributed by atoms with E-state index in [2.05, 4.69) is 18.3 Å². The zero-order chi connectivity index (χ0) is 11.4. The van der Waals surface area contributed by atoms with Crippen LogP contribution in [0, 0.1) is 5.82 Å². The molecule has 1 N–H and O–H groups in total. The molecule has 0 saturated heterocycles. The van der Waals surface area contributed by atoms with Crippen LogP contribution in [0.3, 0.4) is 0 Å². The van der Waals surface area contributed by atoms with Crippen LogP contribution in [0.1, 0.15) is 24.6 Å². The molecule has 0 aliphatic carbocycles. The number of unbranched alkanes of at least 4 members (excludes halogenated alkanes) is 1. The summed E-state index contributed by atoms with van der Waals surface area (Å²) in [6.45, 7) is 4.13. The number of hydrogen-bond acceptors (Lipinski definition) is 2. The van der Waals surface area contributed by atoms with Crippen LogP contribution in [0.5, 0.6) is 0 Å². The molecule has 1 aromatic heterocycles. The lowest BCUT2D eigenvalue weighted by molar-refractivity contribution is 0.630. The molecule has 2 rings (SSSR count). The van der Waals surface area contributed by atoms with Gasteiger partial charge in [-0.2, -0.15) is 0 Å². The molecule has 0 unspecified atom stereocenters. The molecule has 3 heteroatoms. The third-order valence-electron chi connectivity index (χ3n) is 2.54. The Balaban J connectivity index is 2.02. The van der Waals surface area contributed by atoms with Crippen LogP contribution in [-0.2, 0) is 6.54 Å². The summed E-state index contributed by atoms with van der Waals surface area (Å²) in [5.74, 6) is -0.157. The minimum absolute atomic E-state index is 0.157. The number of rotatable bonds is 5. The van der Waals surface area contributed by atoms with E-state index in [0.717, 1.165) is 23.2 Å². The van der Waals surface area contributed by atoms with Crippen molar-refractivity contribution in [2.45, 2.75) is 26.3 Å². The van der Waals surface area contributed by atoms with Gasteiger partial charge in [0.25, 0.3) is 0 Å². The van der Waals surface area contributed by atoms with Gasteiger partial charge in [0.05, 0.1) is 0 Å². The van der Waals surface area contributed by atoms with E-state index in [1.165, 1.54) is 23.8 Å². The molecule has 1 nitrogen and oxygen atoms in total. The van der Waals surface area contributed by atoms with Gasteiger partial charge in [0.1, 0.15) is 5.82 Å². The van der Waals surface area contributed by atoms with E-state index in [1.807, 2.05) is 6.07 Å². The first-order valence-corrected chi connectivity index (χ1v) is 6.50. The topological polar surface area (TPSA) is 12.0 Å². The van der Waals surface area contributed by atoms with E-state index in [9.17, 15) is 4.39 Å². The summed E-state index contributed by atoms with van der Waals surface area (Å²) in [5, 5.41) is 4.41. The van der Waals surface area contributed by atoms with E-state index in [0.29, 0.717) is 0 Å². The van der Waals surface area contributed by atoms with Crippen LogP contribution in [0.4, 0.5) is 4.39 Å². The van der Waals surface area contributed by atoms with Crippen molar-refractivity contribution in [3.8, 4) is 0 Å². The summed E-state index contributed by atoms with van der Waals surface area (Å²) in [7, 11) is 0. The molecule has 0 bridgehead atoms. The Kier molecular flexibility index (Phi) is 3.91. The molecular formula is C13H16FNS. The summed E-state index contributed by atoms with van der Waals surface area (Å²) in [6, 6.07) is 7.04. The molecule has 16 heavy (non-hydrogen) atoms. The number of halogens is 1. The van der Waals surface area contributed by atoms with Gasteiger partial charge >= 0.3 is 0 Å². The molecule has 0 atom stereocenters. The molecule has 86 valence electrons. The number of thiophene rings is 1. The van der Waals surface area contributed by atoms with E-state index in [-0.39, 0.29) is 5.82 Å². The molecule has 0 fully saturated rings. The van der Waals surface area contributed by atoms with Gasteiger partial charge in [-0.25, -0.2) is 4.39 Å². The van der Waals surface area contributed by atoms with Gasteiger partial charge in [0.2, 0.25) is 0 Å². The molecular weight excluding hydrogens is 221 g/mol. The standard InChI is InChI=1S/C13H16FNS/c1-2-3-6-15-9-12-8-10-7-11(14)4-5-13(10)16-12/h4-5,7-8,15H,2-3,6,9H2,1H3. The van der Waals surface area contributed by atoms with Crippen LogP contribution < -0.4 is 5.32 Å². The smallest absolute Gasteiger partial charge is 0.123 e. The third-order valence-corrected chi connectivity index (χ3v) is 3.65. The number of hydrogen-bond donors (Lipinski definition) is 1. The fraction of sp³-hybridized carbons (Fsp3) is 0.385. The van der Waals surface area contributed by atoms with Crippen molar-refractivity contribution >= 4 is 21.4 Å². The normalized spacial score (nSPS) is 11.1. The fourth-order valence-corrected chi connectivity index (χ4v) is 2.68. The van der Waals surface area contributed by atoms with Crippen molar-refractivity contribution in [3.05, 3.63) is 35.0 Å². The Morgan fingerprint density at radius 1 is 1.31 bits per heavy atom. The Hall–Kier alpha value is -0.930. The van der Waals surface area contributed by atoms with Crippen LogP contribution in [0.15, 0.2) is 24.3 Å². The van der Waals surface area contributed by atoms with Crippen molar-refractivity contribution < 1.29 is 4.39 Å². The zero-order valence-electron chi connectivity index (χ0n) is 9.42. The first-order valence-electron chi connectivity index (χ1n) is 5.68. The van der Waals surface area contributed by atoms with Crippen molar-refractivity contribution in [1.82, 2.24) is 5.32 Å². The van der Waals surface area contributed by atoms with E-state index in [1.54, 1.807) is 17.4 Å². The average molecular weight is 237 g/mol. The van der Waals surface area contributed by atoms with E-state index in [4.69, 9.17) is 0 Å². The molecule has 0 saturated carbocycles. The van der Waals surface area contributed by atoms with Crippen molar-refractivity contribution in [3.63, 3.8) is 0 Å². The lowest BCUT2D eigenvalue weighted by atomic mass is 10.2. The molecule has 0 radical (unpaired) electrons. The van der Waals surface area contributed by atoms with E-state index >= 15 is 0 Å². The Morgan fingerprint density at radius 3 is 3.00 bits per heavy atom. The quantitative estimate of drug-likeness (QED) is 0.777. The van der Waals surface area contributed by atoms with Crippen LogP contribution in [0.2, 0.25) is 0 Å². The highest BCUT2D eigenvalue weighted by atomic mass is 32.1. The summed E-state index contributed by atoms with van der Waals surface area (Å²) >= 11 is 1.73. The van der Waals surface area contributed by atoms with Gasteiger partial charge in [0, 0.05) is 16.1 Å². The minimum Gasteiger partial charge on any atom is -0.312 e. The second-order valence-corrected chi connectivity index (χ2v) is 5.09. The zero-order valence-corrected chi connectivity index (χ0v) is 10.2. The van der Waals surface area contributed by atoms with Gasteiger partial charge in [-0.15, -0.1) is 11.3 Å². The van der Waals surface area contributed by atoms with Crippen molar-refractivity contribution in [2.24, 2.45) is 0 Å². The largest absolute Gasteiger partial charge is 0.312 e. The molecule has 0 spiro atoms. The van der Waals surface area contributed by atoms with Gasteiger partial charge in [-0.3, -0.25) is 0 Å². The predicted molar refractivity (Wildman–Crippen MR) is 68.4 cm³/mol. The fourth-order valence-electron chi connectivity index (χ4n) is 1.67. The molecule has 1 aromatic carbocycles. The van der Waals surface area contributed by atoms with Gasteiger partial charge in [0.15, 0.2) is 0 Å². The molecule has 0 aliphatic heterocycles. The highest BCUT2D eigenvalue weighted by Crippen LogP contribution is 2.26. The highest BCUT2D eigenvalue weighted by molar-refractivity contribution is 7.19. The number of fused-ring (bicyclic) bond motifs is 1. The number of benzene rings is 1. The summed E-state index contributed by atoms with van der Waals surface area (Å²) in [5.41, 5.74) is 0. The maximum absolute atomic E-state index is 13.0. The average Bonchev–Trinajstić information content (AvgIpc) is 2.66. The van der Waals surface area contributed by atoms with Crippen molar-refractivity contribution in [1.29, 1.82) is 0 Å². The highest BCUT2D eigenvalue weighted by Gasteiger charge is 2.02. The molecule has 0 aliphatic rings. The predicted octanol–water partition coefficient (Wildman–Crippen LogP) is 3.93. The Morgan fingerprint density at radius 2 is 2.19 bits per heavy atom. The van der Waals surface area contributed by atoms with Crippen LogP contribution >= 0.6 is 11.3 Å². The van der Waals surface area contributed by atoms with Gasteiger partial charge < -0.3 is 5.32 Å². The molecule has 1 heterocycles. The van der Waals surface area contributed by atoms with Gasteiger partial charge in [-0.1, -0.05) is 13.3 Å². The molecule has 2 aromatic rings. The van der Waals surface area contributed by atoms with Crippen molar-refractivity contribution in [2.75, 3.05) is 6.54 Å². The molecule has 0 amide bonds. The summed E-state index contributed by atoms with van der Waals surface area (Å²) in [4.78, 5) is 1.27. The lowest BCUT2D eigenvalue weighted by Crippen LogP contribution is -2.13. The second kappa shape index (κ2) is 5.41.